The van der Waals surface area contributed by atoms with Crippen molar-refractivity contribution in [1.82, 2.24) is 19.7 Å². The molecule has 148 valence electrons. The fourth-order valence-corrected chi connectivity index (χ4v) is 3.81. The zero-order valence-electron chi connectivity index (χ0n) is 16.4. The highest BCUT2D eigenvalue weighted by Gasteiger charge is 2.31. The van der Waals surface area contributed by atoms with E-state index in [2.05, 4.69) is 26.9 Å². The van der Waals surface area contributed by atoms with Crippen molar-refractivity contribution in [3.05, 3.63) is 82.9 Å². The van der Waals surface area contributed by atoms with Gasteiger partial charge >= 0.3 is 5.97 Å². The largest absolute Gasteiger partial charge is 0.465 e. The molecular formula is C22H22N4O3. The van der Waals surface area contributed by atoms with Gasteiger partial charge in [0.2, 0.25) is 0 Å². The van der Waals surface area contributed by atoms with Crippen molar-refractivity contribution < 1.29 is 14.3 Å². The van der Waals surface area contributed by atoms with E-state index in [-0.39, 0.29) is 11.9 Å². The number of carbonyl (C=O) groups is 2. The van der Waals surface area contributed by atoms with Crippen LogP contribution in [0.1, 0.15) is 44.0 Å². The molecule has 0 bridgehead atoms. The van der Waals surface area contributed by atoms with Gasteiger partial charge in [-0.05, 0) is 43.2 Å². The lowest BCUT2D eigenvalue weighted by molar-refractivity contribution is 0.0598. The Labute approximate surface area is 168 Å². The number of amides is 1. The summed E-state index contributed by atoms with van der Waals surface area (Å²) in [6, 6.07) is 16.8. The lowest BCUT2D eigenvalue weighted by Gasteiger charge is -2.34. The fourth-order valence-electron chi connectivity index (χ4n) is 3.81. The van der Waals surface area contributed by atoms with E-state index < -0.39 is 5.97 Å². The first-order chi connectivity index (χ1) is 14.1. The summed E-state index contributed by atoms with van der Waals surface area (Å²) in [5.41, 5.74) is 2.15. The number of carbonyl (C=O) groups excluding carboxylic acids is 2. The van der Waals surface area contributed by atoms with Crippen LogP contribution >= 0.6 is 0 Å². The molecule has 7 heteroatoms. The number of methoxy groups -OCH3 is 1. The SMILES string of the molecule is COC(=O)c1ccc(C(=O)N2Cc3nnc(C)n3[C@H](Cc3ccccc3)C2)cc1. The highest BCUT2D eigenvalue weighted by Crippen LogP contribution is 2.26. The van der Waals surface area contributed by atoms with E-state index in [4.69, 9.17) is 4.74 Å². The molecule has 1 amide bonds. The van der Waals surface area contributed by atoms with E-state index in [1.54, 1.807) is 29.2 Å². The van der Waals surface area contributed by atoms with Crippen LogP contribution in [0.3, 0.4) is 0 Å². The standard InChI is InChI=1S/C22H22N4O3/c1-15-23-24-20-14-25(13-19(26(15)20)12-16-6-4-3-5-7-16)21(27)17-8-10-18(11-9-17)22(28)29-2/h3-11,19H,12-14H2,1-2H3/t19-/m1/s1. The number of aryl methyl sites for hydroxylation is 1. The summed E-state index contributed by atoms with van der Waals surface area (Å²) in [4.78, 5) is 26.5. The topological polar surface area (TPSA) is 77.3 Å². The van der Waals surface area contributed by atoms with Gasteiger partial charge in [-0.1, -0.05) is 30.3 Å². The first-order valence-electron chi connectivity index (χ1n) is 9.48. The summed E-state index contributed by atoms with van der Waals surface area (Å²) in [7, 11) is 1.33. The molecule has 2 heterocycles. The maximum absolute atomic E-state index is 13.1. The molecule has 29 heavy (non-hydrogen) atoms. The van der Waals surface area contributed by atoms with Gasteiger partial charge in [-0.3, -0.25) is 4.79 Å². The van der Waals surface area contributed by atoms with Gasteiger partial charge in [-0.25, -0.2) is 4.79 Å². The number of hydrogen-bond donors (Lipinski definition) is 0. The van der Waals surface area contributed by atoms with Gasteiger partial charge in [0, 0.05) is 12.1 Å². The molecule has 0 saturated carbocycles. The lowest BCUT2D eigenvalue weighted by atomic mass is 10.0. The molecule has 0 aliphatic carbocycles. The number of rotatable bonds is 4. The van der Waals surface area contributed by atoms with E-state index in [1.165, 1.54) is 12.7 Å². The molecule has 1 aromatic heterocycles. The summed E-state index contributed by atoms with van der Waals surface area (Å²) in [6.07, 6.45) is 0.789. The number of esters is 1. The molecule has 3 aromatic rings. The Balaban J connectivity index is 1.58. The van der Waals surface area contributed by atoms with Gasteiger partial charge in [0.05, 0.1) is 25.3 Å². The molecule has 1 aliphatic rings. The van der Waals surface area contributed by atoms with Crippen LogP contribution in [-0.2, 0) is 17.7 Å². The second-order valence-corrected chi connectivity index (χ2v) is 7.13. The fraction of sp³-hybridized carbons (Fsp3) is 0.273. The molecule has 0 saturated heterocycles. The smallest absolute Gasteiger partial charge is 0.337 e. The molecule has 4 rings (SSSR count). The quantitative estimate of drug-likeness (QED) is 0.640. The molecule has 0 unspecified atom stereocenters. The molecule has 0 radical (unpaired) electrons. The van der Waals surface area contributed by atoms with Crippen molar-refractivity contribution in [1.29, 1.82) is 0 Å². The second kappa shape index (κ2) is 7.87. The molecular weight excluding hydrogens is 368 g/mol. The van der Waals surface area contributed by atoms with Gasteiger partial charge < -0.3 is 14.2 Å². The Hall–Kier alpha value is -3.48. The Bertz CT molecular complexity index is 1030. The number of aromatic nitrogens is 3. The molecule has 0 spiro atoms. The van der Waals surface area contributed by atoms with E-state index >= 15 is 0 Å². The van der Waals surface area contributed by atoms with Crippen LogP contribution in [0.25, 0.3) is 0 Å². The van der Waals surface area contributed by atoms with Crippen molar-refractivity contribution >= 4 is 11.9 Å². The number of benzene rings is 2. The van der Waals surface area contributed by atoms with Crippen molar-refractivity contribution in [2.45, 2.75) is 25.9 Å². The van der Waals surface area contributed by atoms with Crippen molar-refractivity contribution in [2.24, 2.45) is 0 Å². The second-order valence-electron chi connectivity index (χ2n) is 7.13. The predicted octanol–water partition coefficient (Wildman–Crippen LogP) is 2.81. The van der Waals surface area contributed by atoms with Crippen molar-refractivity contribution in [3.8, 4) is 0 Å². The Morgan fingerprint density at radius 2 is 1.72 bits per heavy atom. The lowest BCUT2D eigenvalue weighted by Crippen LogP contribution is -2.42. The van der Waals surface area contributed by atoms with E-state index in [0.717, 1.165) is 18.1 Å². The van der Waals surface area contributed by atoms with E-state index in [9.17, 15) is 9.59 Å². The summed E-state index contributed by atoms with van der Waals surface area (Å²) >= 11 is 0. The summed E-state index contributed by atoms with van der Waals surface area (Å²) < 4.78 is 6.85. The number of ether oxygens (including phenoxy) is 1. The zero-order chi connectivity index (χ0) is 20.4. The summed E-state index contributed by atoms with van der Waals surface area (Å²) in [5, 5.41) is 8.50. The first-order valence-corrected chi connectivity index (χ1v) is 9.48. The average Bonchev–Trinajstić information content (AvgIpc) is 3.14. The number of nitrogens with zero attached hydrogens (tertiary/aromatic N) is 4. The third kappa shape index (κ3) is 3.76. The van der Waals surface area contributed by atoms with Crippen LogP contribution in [0.5, 0.6) is 0 Å². The molecule has 7 nitrogen and oxygen atoms in total. The summed E-state index contributed by atoms with van der Waals surface area (Å²) in [5.74, 6) is 1.13. The molecule has 2 aromatic carbocycles. The van der Waals surface area contributed by atoms with Crippen LogP contribution in [0.15, 0.2) is 54.6 Å². The third-order valence-corrected chi connectivity index (χ3v) is 5.22. The minimum Gasteiger partial charge on any atom is -0.465 e. The molecule has 1 aliphatic heterocycles. The van der Waals surface area contributed by atoms with Gasteiger partial charge in [0.15, 0.2) is 5.82 Å². The van der Waals surface area contributed by atoms with Gasteiger partial charge in [-0.2, -0.15) is 0 Å². The van der Waals surface area contributed by atoms with E-state index in [0.29, 0.717) is 24.2 Å². The van der Waals surface area contributed by atoms with Crippen LogP contribution in [0.4, 0.5) is 0 Å². The Kier molecular flexibility index (Phi) is 5.12. The Morgan fingerprint density at radius 1 is 1.03 bits per heavy atom. The minimum atomic E-state index is -0.423. The normalized spacial score (nSPS) is 15.7. The van der Waals surface area contributed by atoms with Crippen LogP contribution < -0.4 is 0 Å². The van der Waals surface area contributed by atoms with Gasteiger partial charge in [-0.15, -0.1) is 10.2 Å². The van der Waals surface area contributed by atoms with Crippen LogP contribution in [-0.4, -0.2) is 45.2 Å². The first kappa shape index (κ1) is 18.9. The van der Waals surface area contributed by atoms with Crippen LogP contribution in [0.2, 0.25) is 0 Å². The van der Waals surface area contributed by atoms with Crippen molar-refractivity contribution in [3.63, 3.8) is 0 Å². The van der Waals surface area contributed by atoms with Gasteiger partial charge in [0.25, 0.3) is 5.91 Å². The molecule has 0 fully saturated rings. The average molecular weight is 390 g/mol. The zero-order valence-corrected chi connectivity index (χ0v) is 16.4. The maximum Gasteiger partial charge on any atom is 0.337 e. The molecule has 1 atom stereocenters. The van der Waals surface area contributed by atoms with Gasteiger partial charge in [0.1, 0.15) is 5.82 Å². The third-order valence-electron chi connectivity index (χ3n) is 5.22. The monoisotopic (exact) mass is 390 g/mol. The number of hydrogen-bond acceptors (Lipinski definition) is 5. The number of fused-ring (bicyclic) bond motifs is 1. The maximum atomic E-state index is 13.1. The predicted molar refractivity (Wildman–Crippen MR) is 106 cm³/mol. The van der Waals surface area contributed by atoms with Crippen molar-refractivity contribution in [2.75, 3.05) is 13.7 Å². The highest BCUT2D eigenvalue weighted by atomic mass is 16.5. The Morgan fingerprint density at radius 3 is 2.41 bits per heavy atom. The van der Waals surface area contributed by atoms with E-state index in [1.807, 2.05) is 25.1 Å². The molecule has 0 N–H and O–H groups in total. The highest BCUT2D eigenvalue weighted by molar-refractivity contribution is 5.96. The minimum absolute atomic E-state index is 0.0643. The van der Waals surface area contributed by atoms with Crippen LogP contribution in [0, 0.1) is 6.92 Å². The summed E-state index contributed by atoms with van der Waals surface area (Å²) in [6.45, 7) is 2.92.